The highest BCUT2D eigenvalue weighted by Crippen LogP contribution is 2.40. The van der Waals surface area contributed by atoms with Crippen molar-refractivity contribution in [2.24, 2.45) is 0 Å². The maximum Gasteiger partial charge on any atom is 0.336 e. The number of benzene rings is 1. The minimum atomic E-state index is -0.813. The third kappa shape index (κ3) is 4.04. The molecule has 2 atom stereocenters. The van der Waals surface area contributed by atoms with Crippen LogP contribution < -0.4 is 10.4 Å². The van der Waals surface area contributed by atoms with Crippen molar-refractivity contribution in [3.05, 3.63) is 52.9 Å². The van der Waals surface area contributed by atoms with Gasteiger partial charge in [-0.3, -0.25) is 0 Å². The molecule has 0 bridgehead atoms. The zero-order chi connectivity index (χ0) is 17.4. The van der Waals surface area contributed by atoms with Crippen LogP contribution in [0.2, 0.25) is 0 Å². The van der Waals surface area contributed by atoms with Gasteiger partial charge in [0.05, 0.1) is 11.2 Å². The molecule has 0 amide bonds. The maximum absolute atomic E-state index is 11.3. The maximum atomic E-state index is 11.3. The summed E-state index contributed by atoms with van der Waals surface area (Å²) in [6.45, 7) is 5.92. The van der Waals surface area contributed by atoms with E-state index in [-0.39, 0.29) is 17.3 Å². The van der Waals surface area contributed by atoms with Gasteiger partial charge in [-0.1, -0.05) is 12.2 Å². The molecule has 3 rings (SSSR count). The molecule has 5 heteroatoms. The lowest BCUT2D eigenvalue weighted by atomic mass is 10.0. The second kappa shape index (κ2) is 6.07. The molecular formula is C19H22O5. The largest absolute Gasteiger partial charge is 0.491 e. The van der Waals surface area contributed by atoms with Gasteiger partial charge in [0.25, 0.3) is 0 Å². The highest BCUT2D eigenvalue weighted by Gasteiger charge is 2.51. The molecule has 2 unspecified atom stereocenters. The molecule has 1 aliphatic heterocycles. The number of aliphatic hydroxyl groups is 1. The molecule has 0 saturated carbocycles. The van der Waals surface area contributed by atoms with Gasteiger partial charge in [-0.15, -0.1) is 0 Å². The Morgan fingerprint density at radius 1 is 1.33 bits per heavy atom. The van der Waals surface area contributed by atoms with Gasteiger partial charge in [-0.2, -0.15) is 0 Å². The van der Waals surface area contributed by atoms with Gasteiger partial charge >= 0.3 is 5.63 Å². The smallest absolute Gasteiger partial charge is 0.336 e. The zero-order valence-electron chi connectivity index (χ0n) is 14.1. The van der Waals surface area contributed by atoms with Crippen LogP contribution in [-0.2, 0) is 4.74 Å². The Morgan fingerprint density at radius 3 is 2.83 bits per heavy atom. The molecule has 0 aliphatic carbocycles. The van der Waals surface area contributed by atoms with Crippen LogP contribution in [0.3, 0.4) is 0 Å². The molecule has 0 spiro atoms. The second-order valence-electron chi connectivity index (χ2n) is 6.94. The zero-order valence-corrected chi connectivity index (χ0v) is 14.1. The Labute approximate surface area is 140 Å². The standard InChI is InChI=1S/C19H22O5/c1-18(2,21)9-4-10-19(3)16(24-19)12-22-14-7-5-13-6-8-17(20)23-15(13)11-14/h4-9,11,16,21H,10,12H2,1-3H3/b9-4+. The summed E-state index contributed by atoms with van der Waals surface area (Å²) < 4.78 is 16.6. The summed E-state index contributed by atoms with van der Waals surface area (Å²) in [4.78, 5) is 11.3. The monoisotopic (exact) mass is 330 g/mol. The summed E-state index contributed by atoms with van der Waals surface area (Å²) in [5, 5.41) is 10.5. The van der Waals surface area contributed by atoms with Gasteiger partial charge in [0, 0.05) is 17.5 Å². The first-order valence-corrected chi connectivity index (χ1v) is 8.00. The van der Waals surface area contributed by atoms with E-state index in [4.69, 9.17) is 13.9 Å². The predicted molar refractivity (Wildman–Crippen MR) is 91.3 cm³/mol. The Balaban J connectivity index is 1.57. The molecule has 1 saturated heterocycles. The quantitative estimate of drug-likeness (QED) is 0.501. The molecule has 1 fully saturated rings. The van der Waals surface area contributed by atoms with E-state index >= 15 is 0 Å². The number of epoxide rings is 1. The van der Waals surface area contributed by atoms with E-state index in [1.54, 1.807) is 32.1 Å². The first-order chi connectivity index (χ1) is 11.3. The Hall–Kier alpha value is -2.11. The lowest BCUT2D eigenvalue weighted by Crippen LogP contribution is -2.17. The number of ether oxygens (including phenoxy) is 2. The van der Waals surface area contributed by atoms with Gasteiger partial charge in [-0.25, -0.2) is 4.79 Å². The minimum absolute atomic E-state index is 0.00225. The molecule has 5 nitrogen and oxygen atoms in total. The summed E-state index contributed by atoms with van der Waals surface area (Å²) in [5.41, 5.74) is -0.943. The number of fused-ring (bicyclic) bond motifs is 1. The average Bonchev–Trinajstić information content (AvgIpc) is 3.13. The summed E-state index contributed by atoms with van der Waals surface area (Å²) in [6, 6.07) is 8.53. The Kier molecular flexibility index (Phi) is 4.24. The number of hydrogen-bond donors (Lipinski definition) is 1. The molecule has 2 aromatic rings. The fourth-order valence-electron chi connectivity index (χ4n) is 2.56. The summed E-state index contributed by atoms with van der Waals surface area (Å²) in [5.74, 6) is 0.640. The van der Waals surface area contributed by atoms with Gasteiger partial charge in [0.2, 0.25) is 0 Å². The van der Waals surface area contributed by atoms with E-state index in [9.17, 15) is 9.90 Å². The second-order valence-corrected chi connectivity index (χ2v) is 6.94. The van der Waals surface area contributed by atoms with Crippen molar-refractivity contribution in [2.45, 2.75) is 44.5 Å². The molecule has 1 N–H and O–H groups in total. The van der Waals surface area contributed by atoms with Crippen molar-refractivity contribution in [3.8, 4) is 5.75 Å². The lowest BCUT2D eigenvalue weighted by molar-refractivity contribution is 0.132. The van der Waals surface area contributed by atoms with E-state index in [2.05, 4.69) is 0 Å². The minimum Gasteiger partial charge on any atom is -0.491 e. The molecule has 1 aliphatic rings. The van der Waals surface area contributed by atoms with E-state index in [1.165, 1.54) is 6.07 Å². The molecular weight excluding hydrogens is 308 g/mol. The third-order valence-corrected chi connectivity index (χ3v) is 4.08. The Bertz CT molecular complexity index is 814. The van der Waals surface area contributed by atoms with Crippen LogP contribution in [0.15, 0.2) is 51.7 Å². The predicted octanol–water partition coefficient (Wildman–Crippen LogP) is 3.05. The van der Waals surface area contributed by atoms with E-state index in [1.807, 2.05) is 25.1 Å². The highest BCUT2D eigenvalue weighted by atomic mass is 16.6. The molecule has 1 aromatic carbocycles. The van der Waals surface area contributed by atoms with Crippen LogP contribution in [0.25, 0.3) is 11.0 Å². The van der Waals surface area contributed by atoms with Crippen molar-refractivity contribution in [1.82, 2.24) is 0 Å². The van der Waals surface area contributed by atoms with Gasteiger partial charge in [-0.05, 0) is 45.4 Å². The lowest BCUT2D eigenvalue weighted by Gasteiger charge is -2.11. The SMILES string of the molecule is CC(C)(O)/C=C/CC1(C)OC1COc1ccc2ccc(=O)oc2c1. The van der Waals surface area contributed by atoms with Crippen molar-refractivity contribution in [2.75, 3.05) is 6.61 Å². The topological polar surface area (TPSA) is 72.2 Å². The third-order valence-electron chi connectivity index (χ3n) is 4.08. The van der Waals surface area contributed by atoms with Crippen LogP contribution in [0.5, 0.6) is 5.75 Å². The van der Waals surface area contributed by atoms with Crippen molar-refractivity contribution >= 4 is 11.0 Å². The summed E-state index contributed by atoms with van der Waals surface area (Å²) in [6.07, 6.45) is 4.42. The number of rotatable bonds is 6. The first kappa shape index (κ1) is 16.7. The summed E-state index contributed by atoms with van der Waals surface area (Å²) in [7, 11) is 0. The van der Waals surface area contributed by atoms with Crippen LogP contribution in [-0.4, -0.2) is 29.0 Å². The first-order valence-electron chi connectivity index (χ1n) is 8.00. The van der Waals surface area contributed by atoms with Gasteiger partial charge in [0.15, 0.2) is 0 Å². The van der Waals surface area contributed by atoms with E-state index in [0.717, 1.165) is 11.8 Å². The van der Waals surface area contributed by atoms with E-state index in [0.29, 0.717) is 17.9 Å². The van der Waals surface area contributed by atoms with Crippen LogP contribution in [0, 0.1) is 0 Å². The fraction of sp³-hybridized carbons (Fsp3) is 0.421. The average molecular weight is 330 g/mol. The molecule has 0 radical (unpaired) electrons. The van der Waals surface area contributed by atoms with Crippen LogP contribution >= 0.6 is 0 Å². The molecule has 1 aromatic heterocycles. The fourth-order valence-corrected chi connectivity index (χ4v) is 2.56. The van der Waals surface area contributed by atoms with Gasteiger partial charge < -0.3 is 19.0 Å². The van der Waals surface area contributed by atoms with Crippen molar-refractivity contribution in [3.63, 3.8) is 0 Å². The van der Waals surface area contributed by atoms with Crippen LogP contribution in [0.4, 0.5) is 0 Å². The highest BCUT2D eigenvalue weighted by molar-refractivity contribution is 5.77. The van der Waals surface area contributed by atoms with Crippen molar-refractivity contribution in [1.29, 1.82) is 0 Å². The molecule has 2 heterocycles. The molecule has 128 valence electrons. The van der Waals surface area contributed by atoms with E-state index < -0.39 is 5.60 Å². The normalized spacial score (nSPS) is 23.8. The van der Waals surface area contributed by atoms with Crippen molar-refractivity contribution < 1.29 is 19.0 Å². The molecule has 24 heavy (non-hydrogen) atoms. The van der Waals surface area contributed by atoms with Crippen LogP contribution in [0.1, 0.15) is 27.2 Å². The number of hydrogen-bond acceptors (Lipinski definition) is 5. The summed E-state index contributed by atoms with van der Waals surface area (Å²) >= 11 is 0. The Morgan fingerprint density at radius 2 is 2.08 bits per heavy atom. The van der Waals surface area contributed by atoms with Gasteiger partial charge in [0.1, 0.15) is 24.0 Å².